The number of nitrogens with zero attached hydrogens (tertiary/aromatic N) is 5. The van der Waals surface area contributed by atoms with Crippen LogP contribution in [0.4, 0.5) is 0 Å². The average Bonchev–Trinajstić information content (AvgIpc) is 3.23. The molecule has 0 saturated heterocycles. The van der Waals surface area contributed by atoms with Gasteiger partial charge in [-0.2, -0.15) is 5.10 Å². The molecule has 3 aromatic rings. The normalized spacial score (nSPS) is 10.7. The minimum absolute atomic E-state index is 0.188. The van der Waals surface area contributed by atoms with Gasteiger partial charge in [0.1, 0.15) is 0 Å². The number of amides is 1. The predicted molar refractivity (Wildman–Crippen MR) is 89.5 cm³/mol. The van der Waals surface area contributed by atoms with Crippen molar-refractivity contribution in [1.29, 1.82) is 0 Å². The van der Waals surface area contributed by atoms with Gasteiger partial charge in [0.2, 0.25) is 0 Å². The molecule has 3 rings (SSSR count). The fraction of sp³-hybridized carbons (Fsp3) is 0.294. The number of hydrogen-bond acceptors (Lipinski definition) is 4. The van der Waals surface area contributed by atoms with E-state index in [4.69, 9.17) is 0 Å². The summed E-state index contributed by atoms with van der Waals surface area (Å²) < 4.78 is 3.58. The van der Waals surface area contributed by atoms with Gasteiger partial charge in [-0.25, -0.2) is 4.68 Å². The third kappa shape index (κ3) is 3.87. The van der Waals surface area contributed by atoms with Crippen LogP contribution in [0.25, 0.3) is 0 Å². The van der Waals surface area contributed by atoms with Crippen molar-refractivity contribution < 1.29 is 4.79 Å². The molecule has 7 heteroatoms. The highest BCUT2D eigenvalue weighted by Gasteiger charge is 2.16. The molecule has 1 N–H and O–H groups in total. The smallest absolute Gasteiger partial charge is 0.273 e. The summed E-state index contributed by atoms with van der Waals surface area (Å²) in [7, 11) is 0. The highest BCUT2D eigenvalue weighted by Crippen LogP contribution is 2.07. The van der Waals surface area contributed by atoms with E-state index in [1.54, 1.807) is 10.9 Å². The number of hydrogen-bond donors (Lipinski definition) is 1. The second-order valence-electron chi connectivity index (χ2n) is 5.55. The van der Waals surface area contributed by atoms with Gasteiger partial charge in [-0.05, 0) is 25.0 Å². The van der Waals surface area contributed by atoms with Gasteiger partial charge in [-0.3, -0.25) is 9.48 Å². The number of rotatable bonds is 7. The second kappa shape index (κ2) is 7.54. The van der Waals surface area contributed by atoms with Crippen molar-refractivity contribution in [3.05, 3.63) is 65.7 Å². The molecule has 0 saturated carbocycles. The molecule has 0 aliphatic rings. The Balaban J connectivity index is 1.53. The Morgan fingerprint density at radius 2 is 2.04 bits per heavy atom. The summed E-state index contributed by atoms with van der Waals surface area (Å²) in [5.41, 5.74) is 2.27. The molecular formula is C17H20N6O. The van der Waals surface area contributed by atoms with Crippen molar-refractivity contribution >= 4 is 5.91 Å². The number of aryl methyl sites for hydroxylation is 1. The number of carbonyl (C=O) groups is 1. The van der Waals surface area contributed by atoms with Gasteiger partial charge in [0.15, 0.2) is 5.69 Å². The molecule has 2 heterocycles. The van der Waals surface area contributed by atoms with Crippen LogP contribution in [0.15, 0.2) is 48.8 Å². The van der Waals surface area contributed by atoms with Crippen molar-refractivity contribution in [2.45, 2.75) is 26.4 Å². The SMILES string of the molecule is Cc1c(C(=O)NCCCn2cccn2)nnn1Cc1ccccc1. The largest absolute Gasteiger partial charge is 0.351 e. The molecule has 0 radical (unpaired) electrons. The molecule has 0 fully saturated rings. The van der Waals surface area contributed by atoms with Gasteiger partial charge in [0.25, 0.3) is 5.91 Å². The Bertz CT molecular complexity index is 779. The standard InChI is InChI=1S/C17H20N6O/c1-14-16(17(24)18-9-5-11-22-12-6-10-19-22)20-21-23(14)13-15-7-3-2-4-8-15/h2-4,6-8,10,12H,5,9,11,13H2,1H3,(H,18,24). The van der Waals surface area contributed by atoms with Gasteiger partial charge in [-0.1, -0.05) is 35.5 Å². The Morgan fingerprint density at radius 3 is 2.79 bits per heavy atom. The Labute approximate surface area is 140 Å². The maximum Gasteiger partial charge on any atom is 0.273 e. The first-order valence-corrected chi connectivity index (χ1v) is 7.93. The van der Waals surface area contributed by atoms with E-state index in [-0.39, 0.29) is 5.91 Å². The zero-order valence-electron chi connectivity index (χ0n) is 13.6. The average molecular weight is 324 g/mol. The molecule has 2 aromatic heterocycles. The first-order chi connectivity index (χ1) is 11.7. The summed E-state index contributed by atoms with van der Waals surface area (Å²) >= 11 is 0. The van der Waals surface area contributed by atoms with Gasteiger partial charge in [0, 0.05) is 25.5 Å². The highest BCUT2D eigenvalue weighted by atomic mass is 16.2. The molecule has 24 heavy (non-hydrogen) atoms. The lowest BCUT2D eigenvalue weighted by Crippen LogP contribution is -2.26. The van der Waals surface area contributed by atoms with E-state index in [1.165, 1.54) is 0 Å². The van der Waals surface area contributed by atoms with Crippen molar-refractivity contribution in [2.75, 3.05) is 6.54 Å². The number of benzene rings is 1. The third-order valence-electron chi connectivity index (χ3n) is 3.78. The lowest BCUT2D eigenvalue weighted by molar-refractivity contribution is 0.0947. The third-order valence-corrected chi connectivity index (χ3v) is 3.78. The monoisotopic (exact) mass is 324 g/mol. The highest BCUT2D eigenvalue weighted by molar-refractivity contribution is 5.93. The lowest BCUT2D eigenvalue weighted by atomic mass is 10.2. The van der Waals surface area contributed by atoms with E-state index in [9.17, 15) is 4.79 Å². The van der Waals surface area contributed by atoms with Crippen molar-refractivity contribution in [3.63, 3.8) is 0 Å². The van der Waals surface area contributed by atoms with Crippen LogP contribution in [0.3, 0.4) is 0 Å². The summed E-state index contributed by atoms with van der Waals surface area (Å²) in [5, 5.41) is 15.1. The van der Waals surface area contributed by atoms with Crippen LogP contribution in [0, 0.1) is 6.92 Å². The Kier molecular flexibility index (Phi) is 5.00. The van der Waals surface area contributed by atoms with Crippen LogP contribution in [-0.2, 0) is 13.1 Å². The number of aromatic nitrogens is 5. The molecule has 0 aliphatic carbocycles. The number of carbonyl (C=O) groups excluding carboxylic acids is 1. The van der Waals surface area contributed by atoms with Crippen molar-refractivity contribution in [3.8, 4) is 0 Å². The maximum absolute atomic E-state index is 12.2. The first kappa shape index (κ1) is 15.9. The Morgan fingerprint density at radius 1 is 1.21 bits per heavy atom. The van der Waals surface area contributed by atoms with Crippen LogP contribution in [0.5, 0.6) is 0 Å². The van der Waals surface area contributed by atoms with Gasteiger partial charge >= 0.3 is 0 Å². The zero-order valence-corrected chi connectivity index (χ0v) is 13.6. The van der Waals surface area contributed by atoms with E-state index in [0.29, 0.717) is 18.8 Å². The molecule has 0 aliphatic heterocycles. The van der Waals surface area contributed by atoms with E-state index >= 15 is 0 Å². The van der Waals surface area contributed by atoms with Crippen LogP contribution in [0.1, 0.15) is 28.2 Å². The molecule has 1 amide bonds. The van der Waals surface area contributed by atoms with Gasteiger partial charge < -0.3 is 5.32 Å². The molecule has 7 nitrogen and oxygen atoms in total. The minimum Gasteiger partial charge on any atom is -0.351 e. The molecule has 1 aromatic carbocycles. The number of nitrogens with one attached hydrogen (secondary N) is 1. The van der Waals surface area contributed by atoms with E-state index in [0.717, 1.165) is 24.2 Å². The zero-order chi connectivity index (χ0) is 16.8. The molecule has 0 bridgehead atoms. The summed E-state index contributed by atoms with van der Waals surface area (Å²) in [6.45, 7) is 3.81. The summed E-state index contributed by atoms with van der Waals surface area (Å²) in [6.07, 6.45) is 4.46. The molecule has 0 atom stereocenters. The summed E-state index contributed by atoms with van der Waals surface area (Å²) in [4.78, 5) is 12.2. The first-order valence-electron chi connectivity index (χ1n) is 7.93. The summed E-state index contributed by atoms with van der Waals surface area (Å²) in [5.74, 6) is -0.188. The van der Waals surface area contributed by atoms with E-state index in [1.807, 2.05) is 54.2 Å². The minimum atomic E-state index is -0.188. The van der Waals surface area contributed by atoms with Crippen molar-refractivity contribution in [1.82, 2.24) is 30.1 Å². The molecule has 124 valence electrons. The van der Waals surface area contributed by atoms with E-state index in [2.05, 4.69) is 20.7 Å². The lowest BCUT2D eigenvalue weighted by Gasteiger charge is -2.05. The molecule has 0 unspecified atom stereocenters. The maximum atomic E-state index is 12.2. The topological polar surface area (TPSA) is 77.6 Å². The fourth-order valence-corrected chi connectivity index (χ4v) is 2.44. The fourth-order valence-electron chi connectivity index (χ4n) is 2.44. The van der Waals surface area contributed by atoms with Gasteiger partial charge in [-0.15, -0.1) is 5.10 Å². The van der Waals surface area contributed by atoms with Crippen LogP contribution in [0.2, 0.25) is 0 Å². The van der Waals surface area contributed by atoms with Crippen LogP contribution >= 0.6 is 0 Å². The quantitative estimate of drug-likeness (QED) is 0.670. The second-order valence-corrected chi connectivity index (χ2v) is 5.55. The Hall–Kier alpha value is -2.96. The van der Waals surface area contributed by atoms with Crippen LogP contribution < -0.4 is 5.32 Å². The predicted octanol–water partition coefficient (Wildman–Crippen LogP) is 1.65. The molecule has 0 spiro atoms. The van der Waals surface area contributed by atoms with Crippen molar-refractivity contribution in [2.24, 2.45) is 0 Å². The summed E-state index contributed by atoms with van der Waals surface area (Å²) in [6, 6.07) is 11.9. The van der Waals surface area contributed by atoms with Gasteiger partial charge in [0.05, 0.1) is 12.2 Å². The van der Waals surface area contributed by atoms with Crippen LogP contribution in [-0.4, -0.2) is 37.2 Å². The molecular weight excluding hydrogens is 304 g/mol. The van der Waals surface area contributed by atoms with E-state index < -0.39 is 0 Å².